The lowest BCUT2D eigenvalue weighted by Crippen LogP contribution is -2.29. The maximum Gasteiger partial charge on any atom is 0.224 e. The van der Waals surface area contributed by atoms with Gasteiger partial charge in [-0.2, -0.15) is 0 Å². The molecule has 3 heteroatoms. The van der Waals surface area contributed by atoms with E-state index in [1.807, 2.05) is 0 Å². The molecular formula is C11H17NO2. The summed E-state index contributed by atoms with van der Waals surface area (Å²) in [6.07, 6.45) is 3.97. The number of amides is 1. The fraction of sp³-hybridized carbons (Fsp3) is 0.636. The van der Waals surface area contributed by atoms with Crippen molar-refractivity contribution in [2.45, 2.75) is 46.0 Å². The number of ketones is 1. The summed E-state index contributed by atoms with van der Waals surface area (Å²) in [6, 6.07) is 0. The van der Waals surface area contributed by atoms with Crippen LogP contribution in [0.1, 0.15) is 46.0 Å². The number of carbonyl (C=O) groups is 2. The quantitative estimate of drug-likeness (QED) is 0.745. The van der Waals surface area contributed by atoms with Crippen molar-refractivity contribution < 1.29 is 9.59 Å². The molecule has 1 heterocycles. The van der Waals surface area contributed by atoms with Crippen molar-refractivity contribution in [1.82, 2.24) is 5.32 Å². The second-order valence-corrected chi connectivity index (χ2v) is 3.67. The summed E-state index contributed by atoms with van der Waals surface area (Å²) in [5, 5.41) is 2.80. The van der Waals surface area contributed by atoms with Crippen molar-refractivity contribution in [2.75, 3.05) is 0 Å². The minimum Gasteiger partial charge on any atom is -0.329 e. The molecular weight excluding hydrogens is 178 g/mol. The smallest absolute Gasteiger partial charge is 0.224 e. The highest BCUT2D eigenvalue weighted by Crippen LogP contribution is 2.20. The third kappa shape index (κ3) is 2.69. The van der Waals surface area contributed by atoms with Gasteiger partial charge in [0, 0.05) is 17.7 Å². The number of rotatable bonds is 4. The standard InChI is InChI=1S/C11H17NO2/c1-3-4-5-10-9(8(2)13)6-7-11(14)12-10/h3-7H2,1-2H3,(H,12,14). The average molecular weight is 195 g/mol. The molecule has 0 spiro atoms. The van der Waals surface area contributed by atoms with Crippen LogP contribution in [0.3, 0.4) is 0 Å². The number of allylic oxidation sites excluding steroid dienone is 2. The molecule has 0 bridgehead atoms. The molecule has 78 valence electrons. The fourth-order valence-electron chi connectivity index (χ4n) is 1.65. The second-order valence-electron chi connectivity index (χ2n) is 3.67. The summed E-state index contributed by atoms with van der Waals surface area (Å²) in [7, 11) is 0. The summed E-state index contributed by atoms with van der Waals surface area (Å²) < 4.78 is 0. The Bertz CT molecular complexity index is 279. The number of nitrogens with one attached hydrogen (secondary N) is 1. The first-order valence-electron chi connectivity index (χ1n) is 5.18. The molecule has 3 nitrogen and oxygen atoms in total. The Morgan fingerprint density at radius 3 is 2.71 bits per heavy atom. The predicted octanol–water partition coefficient (Wildman–Crippen LogP) is 1.93. The number of Topliss-reactive ketones (excluding diaryl/α,β-unsaturated/α-hetero) is 1. The van der Waals surface area contributed by atoms with E-state index < -0.39 is 0 Å². The van der Waals surface area contributed by atoms with Crippen LogP contribution >= 0.6 is 0 Å². The zero-order chi connectivity index (χ0) is 10.6. The Morgan fingerprint density at radius 2 is 2.14 bits per heavy atom. The average Bonchev–Trinajstić information content (AvgIpc) is 2.14. The van der Waals surface area contributed by atoms with E-state index in [1.54, 1.807) is 6.92 Å². The van der Waals surface area contributed by atoms with Gasteiger partial charge < -0.3 is 5.32 Å². The van der Waals surface area contributed by atoms with Gasteiger partial charge in [0.05, 0.1) is 0 Å². The topological polar surface area (TPSA) is 46.2 Å². The van der Waals surface area contributed by atoms with Gasteiger partial charge in [0.2, 0.25) is 5.91 Å². The van der Waals surface area contributed by atoms with Crippen LogP contribution in [0.5, 0.6) is 0 Å². The molecule has 1 aliphatic heterocycles. The molecule has 0 saturated carbocycles. The van der Waals surface area contributed by atoms with Gasteiger partial charge in [0.25, 0.3) is 0 Å². The van der Waals surface area contributed by atoms with Crippen molar-refractivity contribution in [3.63, 3.8) is 0 Å². The van der Waals surface area contributed by atoms with Gasteiger partial charge in [0.1, 0.15) is 0 Å². The zero-order valence-corrected chi connectivity index (χ0v) is 8.85. The Hall–Kier alpha value is -1.12. The summed E-state index contributed by atoms with van der Waals surface area (Å²) in [5.41, 5.74) is 1.67. The van der Waals surface area contributed by atoms with Crippen molar-refractivity contribution >= 4 is 11.7 Å². The number of hydrogen-bond donors (Lipinski definition) is 1. The first kappa shape index (κ1) is 11.0. The van der Waals surface area contributed by atoms with E-state index in [9.17, 15) is 9.59 Å². The molecule has 0 aromatic rings. The molecule has 0 aromatic carbocycles. The SMILES string of the molecule is CCCCC1=C(C(C)=O)CCC(=O)N1. The van der Waals surface area contributed by atoms with Crippen LogP contribution in [-0.2, 0) is 9.59 Å². The summed E-state index contributed by atoms with van der Waals surface area (Å²) in [4.78, 5) is 22.4. The molecule has 0 fully saturated rings. The molecule has 1 aliphatic rings. The number of carbonyl (C=O) groups excluding carboxylic acids is 2. The summed E-state index contributed by atoms with van der Waals surface area (Å²) >= 11 is 0. The molecule has 0 saturated heterocycles. The van der Waals surface area contributed by atoms with Crippen LogP contribution in [0.15, 0.2) is 11.3 Å². The number of unbranched alkanes of at least 4 members (excludes halogenated alkanes) is 1. The Kier molecular flexibility index (Phi) is 3.86. The van der Waals surface area contributed by atoms with Crippen LogP contribution in [0.4, 0.5) is 0 Å². The third-order valence-electron chi connectivity index (χ3n) is 2.46. The monoisotopic (exact) mass is 195 g/mol. The first-order valence-corrected chi connectivity index (χ1v) is 5.18. The van der Waals surface area contributed by atoms with Crippen LogP contribution in [0.2, 0.25) is 0 Å². The van der Waals surface area contributed by atoms with Crippen molar-refractivity contribution in [2.24, 2.45) is 0 Å². The molecule has 0 aromatic heterocycles. The highest BCUT2D eigenvalue weighted by Gasteiger charge is 2.19. The fourth-order valence-corrected chi connectivity index (χ4v) is 1.65. The predicted molar refractivity (Wildman–Crippen MR) is 54.6 cm³/mol. The lowest BCUT2D eigenvalue weighted by Gasteiger charge is -2.19. The minimum absolute atomic E-state index is 0.0427. The lowest BCUT2D eigenvalue weighted by atomic mass is 9.97. The molecule has 14 heavy (non-hydrogen) atoms. The molecule has 1 rings (SSSR count). The van der Waals surface area contributed by atoms with Gasteiger partial charge >= 0.3 is 0 Å². The normalized spacial score (nSPS) is 16.9. The minimum atomic E-state index is 0.0427. The number of hydrogen-bond acceptors (Lipinski definition) is 2. The van der Waals surface area contributed by atoms with Gasteiger partial charge in [-0.25, -0.2) is 0 Å². The molecule has 1 amide bonds. The largest absolute Gasteiger partial charge is 0.329 e. The maximum absolute atomic E-state index is 11.3. The van der Waals surface area contributed by atoms with Gasteiger partial charge in [0.15, 0.2) is 5.78 Å². The van der Waals surface area contributed by atoms with Gasteiger partial charge in [-0.1, -0.05) is 13.3 Å². The van der Waals surface area contributed by atoms with Gasteiger partial charge in [-0.15, -0.1) is 0 Å². The van der Waals surface area contributed by atoms with E-state index in [0.717, 1.165) is 30.5 Å². The molecule has 0 aliphatic carbocycles. The molecule has 0 radical (unpaired) electrons. The first-order chi connectivity index (χ1) is 6.65. The highest BCUT2D eigenvalue weighted by molar-refractivity contribution is 5.97. The van der Waals surface area contributed by atoms with E-state index in [0.29, 0.717) is 12.8 Å². The Balaban J connectivity index is 2.77. The lowest BCUT2D eigenvalue weighted by molar-refractivity contribution is -0.121. The van der Waals surface area contributed by atoms with Gasteiger partial charge in [-0.3, -0.25) is 9.59 Å². The van der Waals surface area contributed by atoms with Crippen molar-refractivity contribution in [1.29, 1.82) is 0 Å². The van der Waals surface area contributed by atoms with Crippen molar-refractivity contribution in [3.05, 3.63) is 11.3 Å². The van der Waals surface area contributed by atoms with E-state index in [4.69, 9.17) is 0 Å². The second kappa shape index (κ2) is 4.94. The Morgan fingerprint density at radius 1 is 1.43 bits per heavy atom. The third-order valence-corrected chi connectivity index (χ3v) is 2.46. The van der Waals surface area contributed by atoms with Crippen LogP contribution in [0, 0.1) is 0 Å². The highest BCUT2D eigenvalue weighted by atomic mass is 16.2. The maximum atomic E-state index is 11.3. The zero-order valence-electron chi connectivity index (χ0n) is 8.85. The van der Waals surface area contributed by atoms with Crippen LogP contribution in [-0.4, -0.2) is 11.7 Å². The van der Waals surface area contributed by atoms with E-state index in [2.05, 4.69) is 12.2 Å². The van der Waals surface area contributed by atoms with E-state index in [-0.39, 0.29) is 11.7 Å². The molecule has 0 unspecified atom stereocenters. The molecule has 0 atom stereocenters. The Labute approximate surface area is 84.6 Å². The van der Waals surface area contributed by atoms with Gasteiger partial charge in [-0.05, 0) is 26.2 Å². The van der Waals surface area contributed by atoms with Crippen LogP contribution in [0.25, 0.3) is 0 Å². The summed E-state index contributed by atoms with van der Waals surface area (Å²) in [5.74, 6) is 0.136. The molecule has 1 N–H and O–H groups in total. The van der Waals surface area contributed by atoms with Crippen molar-refractivity contribution in [3.8, 4) is 0 Å². The van der Waals surface area contributed by atoms with E-state index >= 15 is 0 Å². The van der Waals surface area contributed by atoms with E-state index in [1.165, 1.54) is 0 Å². The van der Waals surface area contributed by atoms with Crippen LogP contribution < -0.4 is 5.32 Å². The summed E-state index contributed by atoms with van der Waals surface area (Å²) in [6.45, 7) is 3.66.